The molecular formula is C47H29N3OS. The van der Waals surface area contributed by atoms with E-state index in [4.69, 9.17) is 19.4 Å². The molecule has 0 fully saturated rings. The monoisotopic (exact) mass is 683 g/mol. The summed E-state index contributed by atoms with van der Waals surface area (Å²) in [6.45, 7) is 0. The van der Waals surface area contributed by atoms with Crippen molar-refractivity contribution in [1.82, 2.24) is 15.0 Å². The largest absolute Gasteiger partial charge is 0.456 e. The van der Waals surface area contributed by atoms with Gasteiger partial charge in [-0.25, -0.2) is 15.0 Å². The van der Waals surface area contributed by atoms with Crippen molar-refractivity contribution in [2.24, 2.45) is 0 Å². The van der Waals surface area contributed by atoms with Crippen molar-refractivity contribution in [3.63, 3.8) is 0 Å². The van der Waals surface area contributed by atoms with Gasteiger partial charge in [-0.15, -0.1) is 11.3 Å². The van der Waals surface area contributed by atoms with Crippen molar-refractivity contribution >= 4 is 70.3 Å². The Labute approximate surface area is 303 Å². The lowest BCUT2D eigenvalue weighted by atomic mass is 9.89. The summed E-state index contributed by atoms with van der Waals surface area (Å²) in [7, 11) is 0. The molecule has 0 saturated heterocycles. The fourth-order valence-corrected chi connectivity index (χ4v) is 9.08. The zero-order valence-electron chi connectivity index (χ0n) is 28.0. The summed E-state index contributed by atoms with van der Waals surface area (Å²) in [5.74, 6) is 2.12. The van der Waals surface area contributed by atoms with Crippen LogP contribution in [0.5, 0.6) is 0 Å². The van der Waals surface area contributed by atoms with Crippen LogP contribution in [-0.4, -0.2) is 15.0 Å². The van der Waals surface area contributed by atoms with Gasteiger partial charge >= 0.3 is 0 Å². The number of furan rings is 1. The lowest BCUT2D eigenvalue weighted by Gasteiger charge is -2.19. The fourth-order valence-electron chi connectivity index (χ4n) is 7.87. The van der Waals surface area contributed by atoms with Crippen LogP contribution in [0.25, 0.3) is 92.9 Å². The third-order valence-electron chi connectivity index (χ3n) is 10.5. The highest BCUT2D eigenvalue weighted by Gasteiger charge is 2.24. The van der Waals surface area contributed by atoms with E-state index in [1.54, 1.807) is 11.3 Å². The zero-order chi connectivity index (χ0) is 34.2. The molecule has 0 aliphatic heterocycles. The molecule has 1 atom stereocenters. The maximum Gasteiger partial charge on any atom is 0.165 e. The molecule has 3 aromatic heterocycles. The van der Waals surface area contributed by atoms with E-state index in [2.05, 4.69) is 146 Å². The molecule has 0 spiro atoms. The number of hydrogen-bond acceptors (Lipinski definition) is 5. The first-order valence-corrected chi connectivity index (χ1v) is 18.4. The molecule has 1 aliphatic carbocycles. The van der Waals surface area contributed by atoms with Crippen molar-refractivity contribution in [3.05, 3.63) is 169 Å². The summed E-state index contributed by atoms with van der Waals surface area (Å²) >= 11 is 1.79. The Hall–Kier alpha value is -6.43. The summed E-state index contributed by atoms with van der Waals surface area (Å²) in [4.78, 5) is 15.8. The summed E-state index contributed by atoms with van der Waals surface area (Å²) in [5, 5.41) is 6.97. The maximum atomic E-state index is 6.58. The third-order valence-corrected chi connectivity index (χ3v) is 11.7. The van der Waals surface area contributed by atoms with Gasteiger partial charge in [0.15, 0.2) is 11.6 Å². The van der Waals surface area contributed by atoms with Crippen molar-refractivity contribution in [2.45, 2.75) is 12.3 Å². The Bertz CT molecular complexity index is 3080. The van der Waals surface area contributed by atoms with E-state index in [-0.39, 0.29) is 5.92 Å². The van der Waals surface area contributed by atoms with Crippen molar-refractivity contribution in [1.29, 1.82) is 0 Å². The summed E-state index contributed by atoms with van der Waals surface area (Å²) < 4.78 is 9.01. The van der Waals surface area contributed by atoms with Crippen LogP contribution in [0.3, 0.4) is 0 Å². The van der Waals surface area contributed by atoms with Gasteiger partial charge in [-0.2, -0.15) is 0 Å². The van der Waals surface area contributed by atoms with E-state index >= 15 is 0 Å². The van der Waals surface area contributed by atoms with E-state index in [9.17, 15) is 0 Å². The predicted octanol–water partition coefficient (Wildman–Crippen LogP) is 12.6. The Morgan fingerprint density at radius 3 is 2.27 bits per heavy atom. The van der Waals surface area contributed by atoms with Gasteiger partial charge in [-0.1, -0.05) is 121 Å². The Morgan fingerprint density at radius 1 is 0.558 bits per heavy atom. The van der Waals surface area contributed by atoms with Gasteiger partial charge in [0.1, 0.15) is 17.0 Å². The smallest absolute Gasteiger partial charge is 0.165 e. The highest BCUT2D eigenvalue weighted by Crippen LogP contribution is 2.42. The van der Waals surface area contributed by atoms with E-state index in [1.807, 2.05) is 12.1 Å². The number of allylic oxidation sites excluding steroid dienone is 1. The Morgan fingerprint density at radius 2 is 1.31 bits per heavy atom. The number of nitrogens with zero attached hydrogens (tertiary/aromatic N) is 3. The van der Waals surface area contributed by atoms with E-state index < -0.39 is 0 Å². The van der Waals surface area contributed by atoms with Gasteiger partial charge < -0.3 is 4.42 Å². The van der Waals surface area contributed by atoms with Gasteiger partial charge in [0.25, 0.3) is 0 Å². The highest BCUT2D eigenvalue weighted by molar-refractivity contribution is 7.26. The first-order chi connectivity index (χ1) is 25.7. The molecule has 11 rings (SSSR count). The molecule has 0 bridgehead atoms. The zero-order valence-corrected chi connectivity index (χ0v) is 28.8. The molecule has 244 valence electrons. The molecule has 10 aromatic rings. The van der Waals surface area contributed by atoms with Crippen molar-refractivity contribution in [3.8, 4) is 33.9 Å². The summed E-state index contributed by atoms with van der Waals surface area (Å²) in [6.07, 6.45) is 5.28. The molecule has 5 heteroatoms. The second-order valence-corrected chi connectivity index (χ2v) is 14.6. The number of hydrogen-bond donors (Lipinski definition) is 0. The Kier molecular flexibility index (Phi) is 6.51. The average molecular weight is 684 g/mol. The molecule has 0 radical (unpaired) electrons. The fraction of sp³-hybridized carbons (Fsp3) is 0.0426. The molecule has 0 N–H and O–H groups in total. The Balaban J connectivity index is 1.10. The predicted molar refractivity (Wildman–Crippen MR) is 216 cm³/mol. The molecule has 0 amide bonds. The minimum Gasteiger partial charge on any atom is -0.456 e. The lowest BCUT2D eigenvalue weighted by Crippen LogP contribution is -2.12. The van der Waals surface area contributed by atoms with Gasteiger partial charge in [-0.3, -0.25) is 0 Å². The number of benzene rings is 7. The highest BCUT2D eigenvalue weighted by atomic mass is 32.1. The van der Waals surface area contributed by atoms with Crippen LogP contribution >= 0.6 is 11.3 Å². The van der Waals surface area contributed by atoms with Crippen LogP contribution in [0, 0.1) is 0 Å². The molecule has 4 nitrogen and oxygen atoms in total. The molecule has 1 unspecified atom stereocenters. The number of thiophene rings is 1. The van der Waals surface area contributed by atoms with E-state index in [0.717, 1.165) is 56.4 Å². The summed E-state index contributed by atoms with van der Waals surface area (Å²) in [6, 6.07) is 51.4. The SMILES string of the molecule is C1=CC(c2nc(-c3cccc4c3sc3ccccc34)nc(-c3cccc4oc5cc(-c6ccc7ccccc7c6)ccc5c34)n2)Cc2ccccc21. The van der Waals surface area contributed by atoms with Gasteiger partial charge in [0, 0.05) is 48.0 Å². The van der Waals surface area contributed by atoms with Gasteiger partial charge in [0.05, 0.1) is 0 Å². The molecule has 7 aromatic carbocycles. The molecule has 52 heavy (non-hydrogen) atoms. The quantitative estimate of drug-likeness (QED) is 0.185. The standard InChI is InChI=1S/C47H29N3OS/c1-3-11-30-25-32(21-19-28(30)9-1)33-23-24-37-41(27-33)51-40-17-8-15-38(43(37)40)46-48-45(34-22-20-29-10-2-4-12-31(29)26-34)49-47(50-46)39-16-7-14-36-35-13-5-6-18-42(35)52-44(36)39/h1-25,27,34H,26H2. The minimum atomic E-state index is 0.0156. The number of rotatable bonds is 4. The van der Waals surface area contributed by atoms with Crippen LogP contribution < -0.4 is 0 Å². The van der Waals surface area contributed by atoms with Gasteiger partial charge in [0.2, 0.25) is 0 Å². The first kappa shape index (κ1) is 29.3. The van der Waals surface area contributed by atoms with Gasteiger partial charge in [-0.05, 0) is 75.8 Å². The molecule has 0 saturated carbocycles. The van der Waals surface area contributed by atoms with Crippen molar-refractivity contribution in [2.75, 3.05) is 0 Å². The topological polar surface area (TPSA) is 51.8 Å². The number of aromatic nitrogens is 3. The minimum absolute atomic E-state index is 0.0156. The second-order valence-electron chi connectivity index (χ2n) is 13.5. The van der Waals surface area contributed by atoms with Crippen LogP contribution in [0.2, 0.25) is 0 Å². The van der Waals surface area contributed by atoms with Crippen LogP contribution in [0.1, 0.15) is 22.9 Å². The van der Waals surface area contributed by atoms with E-state index in [1.165, 1.54) is 42.1 Å². The summed E-state index contributed by atoms with van der Waals surface area (Å²) in [5.41, 5.74) is 8.43. The molecule has 3 heterocycles. The van der Waals surface area contributed by atoms with Crippen LogP contribution in [-0.2, 0) is 6.42 Å². The maximum absolute atomic E-state index is 6.58. The third kappa shape index (κ3) is 4.70. The normalized spacial score (nSPS) is 14.2. The van der Waals surface area contributed by atoms with Crippen molar-refractivity contribution < 1.29 is 4.42 Å². The second kappa shape index (κ2) is 11.6. The van der Waals surface area contributed by atoms with E-state index in [0.29, 0.717) is 11.6 Å². The lowest BCUT2D eigenvalue weighted by molar-refractivity contribution is 0.669. The van der Waals surface area contributed by atoms with Crippen LogP contribution in [0.15, 0.2) is 156 Å². The average Bonchev–Trinajstić information content (AvgIpc) is 3.78. The first-order valence-electron chi connectivity index (χ1n) is 17.6. The van der Waals surface area contributed by atoms with Crippen LogP contribution in [0.4, 0.5) is 0 Å². The molecule has 1 aliphatic rings. The number of fused-ring (bicyclic) bond motifs is 8. The molecular weight excluding hydrogens is 655 g/mol.